The molecule has 1 nitrogen and oxygen atoms in total. The van der Waals surface area contributed by atoms with Gasteiger partial charge in [-0.3, -0.25) is 0 Å². The van der Waals surface area contributed by atoms with Gasteiger partial charge in [-0.2, -0.15) is 0 Å². The third kappa shape index (κ3) is 3.65. The number of rotatable bonds is 3. The van der Waals surface area contributed by atoms with Crippen LogP contribution in [0.2, 0.25) is 10.0 Å². The van der Waals surface area contributed by atoms with E-state index in [2.05, 4.69) is 13.8 Å². The average Bonchev–Trinajstić information content (AvgIpc) is 2.37. The molecule has 1 fully saturated rings. The zero-order chi connectivity index (χ0) is 14.1. The summed E-state index contributed by atoms with van der Waals surface area (Å²) in [7, 11) is 0. The van der Waals surface area contributed by atoms with E-state index in [1.165, 1.54) is 25.7 Å². The van der Waals surface area contributed by atoms with Crippen LogP contribution in [0, 0.1) is 10.8 Å². The molecular formula is C16H23Cl2N. The van der Waals surface area contributed by atoms with E-state index in [9.17, 15) is 0 Å². The lowest BCUT2D eigenvalue weighted by atomic mass is 9.63. The molecule has 1 saturated carbocycles. The summed E-state index contributed by atoms with van der Waals surface area (Å²) in [6, 6.07) is 5.71. The molecule has 1 aromatic rings. The monoisotopic (exact) mass is 299 g/mol. The van der Waals surface area contributed by atoms with Gasteiger partial charge < -0.3 is 5.73 Å². The second-order valence-corrected chi connectivity index (χ2v) is 7.62. The van der Waals surface area contributed by atoms with Gasteiger partial charge in [0, 0.05) is 10.0 Å². The fourth-order valence-corrected chi connectivity index (χ4v) is 3.37. The summed E-state index contributed by atoms with van der Waals surface area (Å²) < 4.78 is 0. The molecule has 1 aliphatic rings. The normalized spacial score (nSPS) is 21.3. The van der Waals surface area contributed by atoms with E-state index in [1.807, 2.05) is 18.2 Å². The van der Waals surface area contributed by atoms with Crippen molar-refractivity contribution in [1.29, 1.82) is 0 Å². The van der Waals surface area contributed by atoms with E-state index in [-0.39, 0.29) is 5.41 Å². The van der Waals surface area contributed by atoms with Crippen molar-refractivity contribution in [3.05, 3.63) is 33.8 Å². The molecule has 3 heteroatoms. The molecule has 2 N–H and O–H groups in total. The second-order valence-electron chi connectivity index (χ2n) is 6.78. The number of benzene rings is 1. The largest absolute Gasteiger partial charge is 0.330 e. The molecular weight excluding hydrogens is 277 g/mol. The van der Waals surface area contributed by atoms with Gasteiger partial charge in [0.2, 0.25) is 0 Å². The number of nitrogens with two attached hydrogens (primary N) is 1. The first-order chi connectivity index (χ1) is 8.86. The molecule has 0 heterocycles. The van der Waals surface area contributed by atoms with Crippen molar-refractivity contribution in [2.75, 3.05) is 6.54 Å². The summed E-state index contributed by atoms with van der Waals surface area (Å²) in [5.41, 5.74) is 7.88. The van der Waals surface area contributed by atoms with Crippen molar-refractivity contribution in [3.63, 3.8) is 0 Å². The first kappa shape index (κ1) is 15.2. The minimum absolute atomic E-state index is 0.198. The highest BCUT2D eigenvalue weighted by Gasteiger charge is 2.37. The van der Waals surface area contributed by atoms with Crippen molar-refractivity contribution in [2.45, 2.75) is 46.0 Å². The predicted molar refractivity (Wildman–Crippen MR) is 83.9 cm³/mol. The standard InChI is InChI=1S/C16H23Cl2N/c1-15(2)5-7-16(11-19,8-6-15)10-12-9-13(17)3-4-14(12)18/h3-4,9H,5-8,10-11,19H2,1-2H3. The Bertz CT molecular complexity index is 444. The minimum atomic E-state index is 0.198. The zero-order valence-electron chi connectivity index (χ0n) is 11.8. The molecule has 0 atom stereocenters. The van der Waals surface area contributed by atoms with E-state index in [1.54, 1.807) is 0 Å². The van der Waals surface area contributed by atoms with Crippen LogP contribution in [0.25, 0.3) is 0 Å². The maximum atomic E-state index is 6.29. The summed E-state index contributed by atoms with van der Waals surface area (Å²) in [5, 5.41) is 1.56. The highest BCUT2D eigenvalue weighted by atomic mass is 35.5. The molecule has 0 spiro atoms. The van der Waals surface area contributed by atoms with Crippen LogP contribution in [0.3, 0.4) is 0 Å². The van der Waals surface area contributed by atoms with E-state index in [4.69, 9.17) is 28.9 Å². The van der Waals surface area contributed by atoms with Crippen molar-refractivity contribution in [2.24, 2.45) is 16.6 Å². The van der Waals surface area contributed by atoms with Crippen LogP contribution in [0.1, 0.15) is 45.1 Å². The molecule has 1 aromatic carbocycles. The maximum absolute atomic E-state index is 6.29. The minimum Gasteiger partial charge on any atom is -0.330 e. The Morgan fingerprint density at radius 2 is 1.74 bits per heavy atom. The average molecular weight is 300 g/mol. The van der Waals surface area contributed by atoms with Gasteiger partial charge in [0.05, 0.1) is 0 Å². The third-order valence-corrected chi connectivity index (χ3v) is 5.27. The van der Waals surface area contributed by atoms with E-state index < -0.39 is 0 Å². The summed E-state index contributed by atoms with van der Waals surface area (Å²) in [6.07, 6.45) is 5.78. The van der Waals surface area contributed by atoms with Gasteiger partial charge in [0.15, 0.2) is 0 Å². The summed E-state index contributed by atoms with van der Waals surface area (Å²) in [6.45, 7) is 5.42. The quantitative estimate of drug-likeness (QED) is 0.827. The van der Waals surface area contributed by atoms with Gasteiger partial charge in [-0.05, 0) is 73.2 Å². The molecule has 0 aliphatic heterocycles. The van der Waals surface area contributed by atoms with Crippen LogP contribution >= 0.6 is 23.2 Å². The van der Waals surface area contributed by atoms with E-state index >= 15 is 0 Å². The Morgan fingerprint density at radius 1 is 1.11 bits per heavy atom. The Labute approximate surface area is 126 Å². The van der Waals surface area contributed by atoms with Gasteiger partial charge >= 0.3 is 0 Å². The SMILES string of the molecule is CC1(C)CCC(CN)(Cc2cc(Cl)ccc2Cl)CC1. The van der Waals surface area contributed by atoms with Gasteiger partial charge in [-0.25, -0.2) is 0 Å². The highest BCUT2D eigenvalue weighted by molar-refractivity contribution is 6.33. The maximum Gasteiger partial charge on any atom is 0.0439 e. The molecule has 2 rings (SSSR count). The first-order valence-electron chi connectivity index (χ1n) is 7.00. The van der Waals surface area contributed by atoms with Crippen molar-refractivity contribution in [1.82, 2.24) is 0 Å². The number of hydrogen-bond donors (Lipinski definition) is 1. The lowest BCUT2D eigenvalue weighted by molar-refractivity contribution is 0.108. The van der Waals surface area contributed by atoms with E-state index in [0.29, 0.717) is 5.41 Å². The number of hydrogen-bond acceptors (Lipinski definition) is 1. The van der Waals surface area contributed by atoms with Crippen LogP contribution in [-0.2, 0) is 6.42 Å². The van der Waals surface area contributed by atoms with Gasteiger partial charge in [-0.15, -0.1) is 0 Å². The van der Waals surface area contributed by atoms with Gasteiger partial charge in [0.25, 0.3) is 0 Å². The molecule has 0 amide bonds. The van der Waals surface area contributed by atoms with Gasteiger partial charge in [0.1, 0.15) is 0 Å². The van der Waals surface area contributed by atoms with E-state index in [0.717, 1.165) is 28.6 Å². The lowest BCUT2D eigenvalue weighted by Gasteiger charge is -2.43. The molecule has 0 aromatic heterocycles. The smallest absolute Gasteiger partial charge is 0.0439 e. The highest BCUT2D eigenvalue weighted by Crippen LogP contribution is 2.46. The molecule has 0 saturated heterocycles. The Balaban J connectivity index is 2.17. The molecule has 106 valence electrons. The molecule has 19 heavy (non-hydrogen) atoms. The molecule has 0 radical (unpaired) electrons. The Hall–Kier alpha value is -0.240. The zero-order valence-corrected chi connectivity index (χ0v) is 13.3. The third-order valence-electron chi connectivity index (χ3n) is 4.67. The molecule has 0 bridgehead atoms. The molecule has 0 unspecified atom stereocenters. The van der Waals surface area contributed by atoms with Crippen LogP contribution < -0.4 is 5.73 Å². The van der Waals surface area contributed by atoms with Crippen LogP contribution in [0.15, 0.2) is 18.2 Å². The van der Waals surface area contributed by atoms with Crippen LogP contribution in [0.5, 0.6) is 0 Å². The first-order valence-corrected chi connectivity index (χ1v) is 7.76. The fourth-order valence-electron chi connectivity index (χ4n) is 2.99. The van der Waals surface area contributed by atoms with Crippen molar-refractivity contribution in [3.8, 4) is 0 Å². The van der Waals surface area contributed by atoms with Crippen molar-refractivity contribution < 1.29 is 0 Å². The molecule has 1 aliphatic carbocycles. The van der Waals surface area contributed by atoms with Crippen molar-refractivity contribution >= 4 is 23.2 Å². The summed E-state index contributed by atoms with van der Waals surface area (Å²) in [4.78, 5) is 0. The topological polar surface area (TPSA) is 26.0 Å². The van der Waals surface area contributed by atoms with Gasteiger partial charge in [-0.1, -0.05) is 37.0 Å². The number of halogens is 2. The lowest BCUT2D eigenvalue weighted by Crippen LogP contribution is -2.39. The predicted octanol–water partition coefficient (Wildman–Crippen LogP) is 5.08. The Morgan fingerprint density at radius 3 is 2.32 bits per heavy atom. The Kier molecular flexibility index (Phi) is 4.49. The summed E-state index contributed by atoms with van der Waals surface area (Å²) >= 11 is 12.4. The van der Waals surface area contributed by atoms with Crippen LogP contribution in [0.4, 0.5) is 0 Å². The van der Waals surface area contributed by atoms with Crippen LogP contribution in [-0.4, -0.2) is 6.54 Å². The summed E-state index contributed by atoms with van der Waals surface area (Å²) in [5.74, 6) is 0. The second kappa shape index (κ2) is 5.63. The fraction of sp³-hybridized carbons (Fsp3) is 0.625.